The van der Waals surface area contributed by atoms with E-state index in [0.29, 0.717) is 0 Å². The van der Waals surface area contributed by atoms with Crippen molar-refractivity contribution < 1.29 is 0 Å². The van der Waals surface area contributed by atoms with Gasteiger partial charge in [-0.3, -0.25) is 4.99 Å². The number of guanidine groups is 1. The molecule has 164 valence electrons. The van der Waals surface area contributed by atoms with Crippen molar-refractivity contribution >= 4 is 5.96 Å². The molecule has 0 N–H and O–H groups in total. The fourth-order valence-corrected chi connectivity index (χ4v) is 7.57. The van der Waals surface area contributed by atoms with Crippen LogP contribution in [0.4, 0.5) is 0 Å². The summed E-state index contributed by atoms with van der Waals surface area (Å²) in [5.74, 6) is 4.30. The summed E-state index contributed by atoms with van der Waals surface area (Å²) in [5.41, 5.74) is 0. The molecule has 0 aromatic heterocycles. The zero-order chi connectivity index (χ0) is 19.5. The standard InChI is InChI=1S/C26H45N3/c1-4-11-21(12-5-1)13-10-18-28-25(23-16-8-3-9-17-23)20-29-24(19-27-26(28)29)22-14-6-2-7-15-22/h21-25H,1-20H2/t24-,25+/m0/s1. The fraction of sp³-hybridized carbons (Fsp3) is 0.962. The quantitative estimate of drug-likeness (QED) is 0.527. The number of nitrogens with zero attached hydrogens (tertiary/aromatic N) is 3. The van der Waals surface area contributed by atoms with E-state index in [0.717, 1.165) is 36.4 Å². The predicted octanol–water partition coefficient (Wildman–Crippen LogP) is 6.23. The Morgan fingerprint density at radius 2 is 1.28 bits per heavy atom. The fourth-order valence-electron chi connectivity index (χ4n) is 7.57. The summed E-state index contributed by atoms with van der Waals surface area (Å²) in [4.78, 5) is 10.9. The summed E-state index contributed by atoms with van der Waals surface area (Å²) in [6.45, 7) is 3.68. The summed E-state index contributed by atoms with van der Waals surface area (Å²) in [7, 11) is 0. The van der Waals surface area contributed by atoms with Crippen LogP contribution in [0.15, 0.2) is 4.99 Å². The predicted molar refractivity (Wildman–Crippen MR) is 122 cm³/mol. The van der Waals surface area contributed by atoms with Crippen molar-refractivity contribution in [3.63, 3.8) is 0 Å². The van der Waals surface area contributed by atoms with E-state index in [2.05, 4.69) is 9.80 Å². The van der Waals surface area contributed by atoms with Gasteiger partial charge in [0.25, 0.3) is 0 Å². The number of hydrogen-bond donors (Lipinski definition) is 0. The van der Waals surface area contributed by atoms with E-state index in [4.69, 9.17) is 4.99 Å². The summed E-state index contributed by atoms with van der Waals surface area (Å²) < 4.78 is 0. The summed E-state index contributed by atoms with van der Waals surface area (Å²) in [6, 6.07) is 1.51. The first-order valence-corrected chi connectivity index (χ1v) is 13.5. The maximum Gasteiger partial charge on any atom is 0.197 e. The van der Waals surface area contributed by atoms with Gasteiger partial charge in [0.05, 0.1) is 18.6 Å². The minimum Gasteiger partial charge on any atom is -0.338 e. The molecule has 5 aliphatic rings. The van der Waals surface area contributed by atoms with Crippen molar-refractivity contribution in [2.75, 3.05) is 19.6 Å². The van der Waals surface area contributed by atoms with Crippen LogP contribution in [-0.2, 0) is 0 Å². The third-order valence-electron chi connectivity index (χ3n) is 9.24. The lowest BCUT2D eigenvalue weighted by Gasteiger charge is -2.34. The molecule has 2 heterocycles. The summed E-state index contributed by atoms with van der Waals surface area (Å²) >= 11 is 0. The van der Waals surface area contributed by atoms with Gasteiger partial charge < -0.3 is 9.80 Å². The largest absolute Gasteiger partial charge is 0.338 e. The molecule has 3 heteroatoms. The molecule has 0 radical (unpaired) electrons. The molecule has 2 atom stereocenters. The molecule has 3 aliphatic carbocycles. The molecular weight excluding hydrogens is 354 g/mol. The second-order valence-electron chi connectivity index (χ2n) is 11.1. The third-order valence-corrected chi connectivity index (χ3v) is 9.24. The molecular formula is C26H45N3. The van der Waals surface area contributed by atoms with Gasteiger partial charge in [0, 0.05) is 13.1 Å². The Morgan fingerprint density at radius 1 is 0.690 bits per heavy atom. The smallest absolute Gasteiger partial charge is 0.197 e. The molecule has 0 unspecified atom stereocenters. The lowest BCUT2D eigenvalue weighted by molar-refractivity contribution is 0.171. The van der Waals surface area contributed by atoms with Crippen LogP contribution in [0.1, 0.15) is 109 Å². The van der Waals surface area contributed by atoms with E-state index >= 15 is 0 Å². The molecule has 5 rings (SSSR count). The van der Waals surface area contributed by atoms with Gasteiger partial charge in [0.2, 0.25) is 0 Å². The molecule has 29 heavy (non-hydrogen) atoms. The molecule has 3 nitrogen and oxygen atoms in total. The highest BCUT2D eigenvalue weighted by atomic mass is 15.5. The van der Waals surface area contributed by atoms with Crippen molar-refractivity contribution in [2.45, 2.75) is 121 Å². The van der Waals surface area contributed by atoms with Crippen LogP contribution in [0.3, 0.4) is 0 Å². The maximum absolute atomic E-state index is 5.21. The highest BCUT2D eigenvalue weighted by Crippen LogP contribution is 2.39. The first kappa shape index (κ1) is 20.2. The Hall–Kier alpha value is -0.730. The number of hydrogen-bond acceptors (Lipinski definition) is 3. The van der Waals surface area contributed by atoms with Crippen LogP contribution < -0.4 is 0 Å². The minimum absolute atomic E-state index is 0.736. The topological polar surface area (TPSA) is 18.8 Å². The van der Waals surface area contributed by atoms with E-state index in [1.54, 1.807) is 0 Å². The van der Waals surface area contributed by atoms with Crippen LogP contribution in [-0.4, -0.2) is 47.5 Å². The first-order chi connectivity index (χ1) is 14.4. The molecule has 0 bridgehead atoms. The summed E-state index contributed by atoms with van der Waals surface area (Å²) in [5, 5.41) is 0. The number of fused-ring (bicyclic) bond motifs is 1. The van der Waals surface area contributed by atoms with Gasteiger partial charge in [-0.15, -0.1) is 0 Å². The molecule has 0 spiro atoms. The second kappa shape index (κ2) is 9.60. The molecule has 3 saturated carbocycles. The monoisotopic (exact) mass is 399 g/mol. The minimum atomic E-state index is 0.736. The van der Waals surface area contributed by atoms with Gasteiger partial charge in [-0.25, -0.2) is 0 Å². The Kier molecular flexibility index (Phi) is 6.68. The SMILES string of the molecule is C1CCC(CCCN2C3=NC[C@@H](C4CCCCC4)N3C[C@@H]2C2CCCCC2)CC1. The molecule has 0 aromatic rings. The zero-order valence-electron chi connectivity index (χ0n) is 18.9. The van der Waals surface area contributed by atoms with E-state index in [1.807, 2.05) is 0 Å². The van der Waals surface area contributed by atoms with E-state index in [9.17, 15) is 0 Å². The van der Waals surface area contributed by atoms with Crippen LogP contribution in [0.5, 0.6) is 0 Å². The first-order valence-electron chi connectivity index (χ1n) is 13.5. The highest BCUT2D eigenvalue weighted by molar-refractivity contribution is 5.84. The lowest BCUT2D eigenvalue weighted by Crippen LogP contribution is -2.41. The molecule has 0 amide bonds. The van der Waals surface area contributed by atoms with Crippen LogP contribution in [0.2, 0.25) is 0 Å². The average molecular weight is 400 g/mol. The lowest BCUT2D eigenvalue weighted by atomic mass is 9.82. The molecule has 1 saturated heterocycles. The van der Waals surface area contributed by atoms with Gasteiger partial charge in [-0.2, -0.15) is 0 Å². The van der Waals surface area contributed by atoms with Crippen LogP contribution in [0.25, 0.3) is 0 Å². The molecule has 4 fully saturated rings. The molecule has 2 aliphatic heterocycles. The van der Waals surface area contributed by atoms with Crippen molar-refractivity contribution in [3.05, 3.63) is 0 Å². The van der Waals surface area contributed by atoms with E-state index in [1.165, 1.54) is 128 Å². The van der Waals surface area contributed by atoms with Gasteiger partial charge >= 0.3 is 0 Å². The van der Waals surface area contributed by atoms with Crippen molar-refractivity contribution in [3.8, 4) is 0 Å². The normalized spacial score (nSPS) is 32.6. The van der Waals surface area contributed by atoms with Crippen molar-refractivity contribution in [1.29, 1.82) is 0 Å². The van der Waals surface area contributed by atoms with Gasteiger partial charge in [0.15, 0.2) is 5.96 Å². The van der Waals surface area contributed by atoms with E-state index in [-0.39, 0.29) is 0 Å². The third kappa shape index (κ3) is 4.49. The van der Waals surface area contributed by atoms with Crippen LogP contribution in [0, 0.1) is 17.8 Å². The second-order valence-corrected chi connectivity index (χ2v) is 11.1. The Labute approximate surface area is 179 Å². The highest BCUT2D eigenvalue weighted by Gasteiger charge is 2.46. The average Bonchev–Trinajstić information content (AvgIpc) is 3.36. The van der Waals surface area contributed by atoms with Gasteiger partial charge in [0.1, 0.15) is 0 Å². The van der Waals surface area contributed by atoms with Gasteiger partial charge in [-0.05, 0) is 56.3 Å². The van der Waals surface area contributed by atoms with Gasteiger partial charge in [-0.1, -0.05) is 70.6 Å². The zero-order valence-corrected chi connectivity index (χ0v) is 18.9. The Morgan fingerprint density at radius 3 is 1.93 bits per heavy atom. The Bertz CT molecular complexity index is 540. The number of aliphatic imine (C=N–C) groups is 1. The number of rotatable bonds is 6. The Balaban J connectivity index is 1.24. The summed E-state index contributed by atoms with van der Waals surface area (Å²) in [6.07, 6.45) is 25.0. The van der Waals surface area contributed by atoms with Crippen molar-refractivity contribution in [2.24, 2.45) is 22.7 Å². The van der Waals surface area contributed by atoms with E-state index < -0.39 is 0 Å². The maximum atomic E-state index is 5.21. The van der Waals surface area contributed by atoms with Crippen LogP contribution >= 0.6 is 0 Å². The van der Waals surface area contributed by atoms with Crippen molar-refractivity contribution in [1.82, 2.24) is 9.80 Å². The molecule has 0 aromatic carbocycles.